The molecule has 1 saturated heterocycles. The van der Waals surface area contributed by atoms with Gasteiger partial charge in [0.05, 0.1) is 6.61 Å². The maximum atomic E-state index is 11.0. The van der Waals surface area contributed by atoms with Crippen molar-refractivity contribution in [3.8, 4) is 0 Å². The molecule has 0 spiro atoms. The van der Waals surface area contributed by atoms with E-state index in [4.69, 9.17) is 5.11 Å². The summed E-state index contributed by atoms with van der Waals surface area (Å²) in [6.07, 6.45) is 4.72. The number of nitrogens with one attached hydrogen (secondary N) is 1. The van der Waals surface area contributed by atoms with Gasteiger partial charge in [0.2, 0.25) is 0 Å². The first-order valence-corrected chi connectivity index (χ1v) is 6.07. The Morgan fingerprint density at radius 1 is 1.25 bits per heavy atom. The van der Waals surface area contributed by atoms with Crippen molar-refractivity contribution >= 4 is 6.09 Å². The van der Waals surface area contributed by atoms with Gasteiger partial charge in [0.1, 0.15) is 6.61 Å². The highest BCUT2D eigenvalue weighted by Gasteiger charge is 2.08. The van der Waals surface area contributed by atoms with Crippen molar-refractivity contribution in [2.24, 2.45) is 0 Å². The van der Waals surface area contributed by atoms with Gasteiger partial charge in [-0.3, -0.25) is 0 Å². The molecule has 0 unspecified atom stereocenters. The van der Waals surface area contributed by atoms with Gasteiger partial charge in [-0.05, 0) is 25.9 Å². The fourth-order valence-corrected chi connectivity index (χ4v) is 1.87. The van der Waals surface area contributed by atoms with Crippen LogP contribution in [0, 0.1) is 0 Å². The number of carbonyl (C=O) groups is 1. The molecule has 5 nitrogen and oxygen atoms in total. The topological polar surface area (TPSA) is 61.8 Å². The second-order valence-electron chi connectivity index (χ2n) is 4.04. The lowest BCUT2D eigenvalue weighted by Crippen LogP contribution is -2.36. The third-order valence-corrected chi connectivity index (χ3v) is 2.72. The summed E-state index contributed by atoms with van der Waals surface area (Å²) in [4.78, 5) is 13.4. The molecule has 1 aliphatic rings. The highest BCUT2D eigenvalue weighted by atomic mass is 16.6. The van der Waals surface area contributed by atoms with Crippen LogP contribution in [0.1, 0.15) is 25.7 Å². The van der Waals surface area contributed by atoms with Crippen molar-refractivity contribution in [3.05, 3.63) is 0 Å². The molecule has 5 heteroatoms. The van der Waals surface area contributed by atoms with Gasteiger partial charge in [0.15, 0.2) is 0 Å². The van der Waals surface area contributed by atoms with Crippen LogP contribution in [0.15, 0.2) is 0 Å². The lowest BCUT2D eigenvalue weighted by molar-refractivity contribution is 0.118. The number of aliphatic hydroxyl groups is 1. The quantitative estimate of drug-likeness (QED) is 0.725. The third kappa shape index (κ3) is 5.92. The normalized spacial score (nSPS) is 17.8. The lowest BCUT2D eigenvalue weighted by Gasteiger charge is -2.19. The second kappa shape index (κ2) is 8.35. The van der Waals surface area contributed by atoms with Gasteiger partial charge in [0, 0.05) is 13.1 Å². The van der Waals surface area contributed by atoms with Crippen LogP contribution in [0.25, 0.3) is 0 Å². The van der Waals surface area contributed by atoms with Crippen LogP contribution >= 0.6 is 0 Å². The number of hydrogen-bond acceptors (Lipinski definition) is 4. The Labute approximate surface area is 96.8 Å². The second-order valence-corrected chi connectivity index (χ2v) is 4.04. The summed E-state index contributed by atoms with van der Waals surface area (Å²) in [5.74, 6) is 0. The third-order valence-electron chi connectivity index (χ3n) is 2.72. The molecule has 0 aromatic heterocycles. The van der Waals surface area contributed by atoms with Crippen LogP contribution in [0.5, 0.6) is 0 Å². The van der Waals surface area contributed by atoms with Gasteiger partial charge < -0.3 is 20.1 Å². The highest BCUT2D eigenvalue weighted by Crippen LogP contribution is 2.08. The van der Waals surface area contributed by atoms with Gasteiger partial charge in [-0.1, -0.05) is 12.8 Å². The Hall–Kier alpha value is -0.810. The molecule has 0 aliphatic carbocycles. The molecule has 0 aromatic carbocycles. The number of amides is 1. The minimum Gasteiger partial charge on any atom is -0.447 e. The van der Waals surface area contributed by atoms with Crippen molar-refractivity contribution in [2.75, 3.05) is 39.4 Å². The first-order chi connectivity index (χ1) is 7.83. The van der Waals surface area contributed by atoms with Crippen LogP contribution in [0.4, 0.5) is 4.79 Å². The van der Waals surface area contributed by atoms with Crippen molar-refractivity contribution in [1.29, 1.82) is 0 Å². The van der Waals surface area contributed by atoms with Crippen LogP contribution in [0.3, 0.4) is 0 Å². The predicted molar refractivity (Wildman–Crippen MR) is 61.3 cm³/mol. The molecule has 0 bridgehead atoms. The number of likely N-dealkylation sites (tertiary alicyclic amines) is 1. The van der Waals surface area contributed by atoms with E-state index in [2.05, 4.69) is 15.0 Å². The molecule has 1 rings (SSSR count). The zero-order valence-electron chi connectivity index (χ0n) is 9.78. The molecule has 16 heavy (non-hydrogen) atoms. The zero-order chi connectivity index (χ0) is 11.6. The minimum absolute atomic E-state index is 0.0650. The van der Waals surface area contributed by atoms with Gasteiger partial charge in [-0.2, -0.15) is 0 Å². The van der Waals surface area contributed by atoms with E-state index in [1.54, 1.807) is 0 Å². The van der Waals surface area contributed by atoms with E-state index < -0.39 is 6.09 Å². The Kier molecular flexibility index (Phi) is 6.92. The summed E-state index contributed by atoms with van der Waals surface area (Å²) >= 11 is 0. The SMILES string of the molecule is O=C(NCCN1CCCCCC1)OCCO. The number of aliphatic hydroxyl groups excluding tert-OH is 1. The van der Waals surface area contributed by atoms with Gasteiger partial charge in [0.25, 0.3) is 0 Å². The Bertz CT molecular complexity index is 192. The number of ether oxygens (including phenoxy) is 1. The fraction of sp³-hybridized carbons (Fsp3) is 0.909. The van der Waals surface area contributed by atoms with Crippen molar-refractivity contribution < 1.29 is 14.6 Å². The number of rotatable bonds is 5. The molecule has 94 valence electrons. The van der Waals surface area contributed by atoms with E-state index in [9.17, 15) is 4.79 Å². The summed E-state index contributed by atoms with van der Waals surface area (Å²) in [7, 11) is 0. The molecule has 0 saturated carbocycles. The largest absolute Gasteiger partial charge is 0.447 e. The summed E-state index contributed by atoms with van der Waals surface area (Å²) in [5.41, 5.74) is 0. The Morgan fingerprint density at radius 2 is 1.94 bits per heavy atom. The molecule has 1 aliphatic heterocycles. The van der Waals surface area contributed by atoms with Gasteiger partial charge in [-0.25, -0.2) is 4.79 Å². The molecule has 2 N–H and O–H groups in total. The van der Waals surface area contributed by atoms with Crippen LogP contribution < -0.4 is 5.32 Å². The molecule has 0 atom stereocenters. The lowest BCUT2D eigenvalue weighted by atomic mass is 10.2. The van der Waals surface area contributed by atoms with E-state index in [0.717, 1.165) is 19.6 Å². The molecular formula is C11H22N2O3. The molecule has 0 radical (unpaired) electrons. The fourth-order valence-electron chi connectivity index (χ4n) is 1.87. The minimum atomic E-state index is -0.441. The maximum absolute atomic E-state index is 11.0. The molecule has 1 heterocycles. The summed E-state index contributed by atoms with van der Waals surface area (Å²) < 4.78 is 4.69. The summed E-state index contributed by atoms with van der Waals surface area (Å²) in [6, 6.07) is 0. The van der Waals surface area contributed by atoms with E-state index >= 15 is 0 Å². The average Bonchev–Trinajstić information content (AvgIpc) is 2.55. The predicted octanol–water partition coefficient (Wildman–Crippen LogP) is 0.581. The van der Waals surface area contributed by atoms with Crippen molar-refractivity contribution in [2.45, 2.75) is 25.7 Å². The van der Waals surface area contributed by atoms with Crippen LogP contribution in [-0.4, -0.2) is 55.5 Å². The van der Waals surface area contributed by atoms with Crippen molar-refractivity contribution in [1.82, 2.24) is 10.2 Å². The highest BCUT2D eigenvalue weighted by molar-refractivity contribution is 5.67. The molecule has 1 fully saturated rings. The van der Waals surface area contributed by atoms with E-state index in [1.807, 2.05) is 0 Å². The standard InChI is InChI=1S/C11H22N2O3/c14-9-10-16-11(15)12-5-8-13-6-3-1-2-4-7-13/h14H,1-10H2,(H,12,15). The average molecular weight is 230 g/mol. The first kappa shape index (κ1) is 13.3. The number of carbonyl (C=O) groups excluding carboxylic acids is 1. The van der Waals surface area contributed by atoms with Gasteiger partial charge in [-0.15, -0.1) is 0 Å². The molecule has 1 amide bonds. The Balaban J connectivity index is 2.02. The smallest absolute Gasteiger partial charge is 0.407 e. The van der Waals surface area contributed by atoms with Crippen LogP contribution in [-0.2, 0) is 4.74 Å². The molecule has 0 aromatic rings. The summed E-state index contributed by atoms with van der Waals surface area (Å²) in [6.45, 7) is 3.70. The van der Waals surface area contributed by atoms with E-state index in [1.165, 1.54) is 25.7 Å². The first-order valence-electron chi connectivity index (χ1n) is 6.07. The Morgan fingerprint density at radius 3 is 2.56 bits per heavy atom. The van der Waals surface area contributed by atoms with E-state index in [-0.39, 0.29) is 13.2 Å². The number of hydrogen-bond donors (Lipinski definition) is 2. The molecular weight excluding hydrogens is 208 g/mol. The monoisotopic (exact) mass is 230 g/mol. The maximum Gasteiger partial charge on any atom is 0.407 e. The number of alkyl carbamates (subject to hydrolysis) is 1. The van der Waals surface area contributed by atoms with Gasteiger partial charge >= 0.3 is 6.09 Å². The van der Waals surface area contributed by atoms with E-state index in [0.29, 0.717) is 6.54 Å². The number of nitrogens with zero attached hydrogens (tertiary/aromatic N) is 1. The van der Waals surface area contributed by atoms with Crippen molar-refractivity contribution in [3.63, 3.8) is 0 Å². The van der Waals surface area contributed by atoms with Crippen LogP contribution in [0.2, 0.25) is 0 Å². The zero-order valence-corrected chi connectivity index (χ0v) is 9.78. The summed E-state index contributed by atoms with van der Waals surface area (Å²) in [5, 5.41) is 11.1.